The monoisotopic (exact) mass is 424 g/mol. The van der Waals surface area contributed by atoms with E-state index in [-0.39, 0.29) is 21.5 Å². The Morgan fingerprint density at radius 3 is 2.64 bits per heavy atom. The number of hydrogen-bond donors (Lipinski definition) is 2. The highest BCUT2D eigenvalue weighted by Gasteiger charge is 2.34. The van der Waals surface area contributed by atoms with Crippen molar-refractivity contribution in [3.05, 3.63) is 57.6 Å². The summed E-state index contributed by atoms with van der Waals surface area (Å²) in [4.78, 5) is 12.8. The molecule has 0 saturated heterocycles. The second kappa shape index (κ2) is 8.53. The number of halogens is 2. The minimum Gasteiger partial charge on any atom is -0.456 e. The molecule has 150 valence electrons. The third-order valence-corrected chi connectivity index (χ3v) is 6.08. The van der Waals surface area contributed by atoms with E-state index in [9.17, 15) is 13.6 Å². The van der Waals surface area contributed by atoms with Gasteiger partial charge in [-0.2, -0.15) is 0 Å². The zero-order valence-corrected chi connectivity index (χ0v) is 17.2. The van der Waals surface area contributed by atoms with Gasteiger partial charge in [-0.25, -0.2) is 8.78 Å². The standard InChI is InChI=1S/C20H22F2N2O2S2/c1-20(21,22)17-12-16(26-14-6-4-3-5-7-14)18(27-17)19(25)24-15(13-8-9-13)10-11-28(2)23/h3-7,10-13,15,23H,8-9H2,1-2H3,(H,24,25)/b11-10+. The Balaban J connectivity index is 1.86. The Bertz CT molecular complexity index is 887. The van der Waals surface area contributed by atoms with Crippen molar-refractivity contribution in [2.45, 2.75) is 31.7 Å². The summed E-state index contributed by atoms with van der Waals surface area (Å²) in [6, 6.07) is 9.80. The summed E-state index contributed by atoms with van der Waals surface area (Å²) in [5.74, 6) is -2.57. The maximum atomic E-state index is 13.9. The average molecular weight is 425 g/mol. The lowest BCUT2D eigenvalue weighted by atomic mass is 10.2. The van der Waals surface area contributed by atoms with Crippen molar-refractivity contribution in [2.75, 3.05) is 6.26 Å². The summed E-state index contributed by atoms with van der Waals surface area (Å²) in [5.41, 5.74) is 0. The highest BCUT2D eigenvalue weighted by Crippen LogP contribution is 2.41. The van der Waals surface area contributed by atoms with E-state index in [2.05, 4.69) is 5.32 Å². The molecule has 1 aliphatic carbocycles. The first-order valence-electron chi connectivity index (χ1n) is 8.84. The molecule has 1 amide bonds. The van der Waals surface area contributed by atoms with Crippen LogP contribution < -0.4 is 10.1 Å². The number of rotatable bonds is 8. The molecule has 28 heavy (non-hydrogen) atoms. The summed E-state index contributed by atoms with van der Waals surface area (Å²) in [6.07, 6.45) is 5.61. The Morgan fingerprint density at radius 1 is 1.39 bits per heavy atom. The maximum absolute atomic E-state index is 13.9. The van der Waals surface area contributed by atoms with Crippen LogP contribution in [0.2, 0.25) is 0 Å². The molecule has 0 spiro atoms. The lowest BCUT2D eigenvalue weighted by molar-refractivity contribution is 0.0214. The first-order chi connectivity index (χ1) is 13.2. The highest BCUT2D eigenvalue weighted by molar-refractivity contribution is 7.88. The number of hydrogen-bond acceptors (Lipinski definition) is 4. The normalized spacial score (nSPS) is 16.7. The van der Waals surface area contributed by atoms with E-state index in [4.69, 9.17) is 9.52 Å². The zero-order valence-electron chi connectivity index (χ0n) is 15.6. The van der Waals surface area contributed by atoms with E-state index in [1.165, 1.54) is 6.07 Å². The Kier molecular flexibility index (Phi) is 6.30. The van der Waals surface area contributed by atoms with Crippen molar-refractivity contribution in [2.24, 2.45) is 5.92 Å². The predicted octanol–water partition coefficient (Wildman–Crippen LogP) is 5.68. The maximum Gasteiger partial charge on any atom is 0.279 e. The fraction of sp³-hybridized carbons (Fsp3) is 0.350. The van der Waals surface area contributed by atoms with Gasteiger partial charge < -0.3 is 10.1 Å². The van der Waals surface area contributed by atoms with E-state index in [0.29, 0.717) is 11.7 Å². The molecule has 2 atom stereocenters. The van der Waals surface area contributed by atoms with E-state index in [1.807, 2.05) is 12.1 Å². The van der Waals surface area contributed by atoms with Gasteiger partial charge in [0.15, 0.2) is 5.75 Å². The number of benzene rings is 1. The van der Waals surface area contributed by atoms with Crippen molar-refractivity contribution in [1.29, 1.82) is 4.78 Å². The molecule has 1 aliphatic rings. The van der Waals surface area contributed by atoms with Gasteiger partial charge in [-0.15, -0.1) is 11.3 Å². The third-order valence-electron chi connectivity index (χ3n) is 4.23. The van der Waals surface area contributed by atoms with Crippen LogP contribution in [0.15, 0.2) is 47.9 Å². The van der Waals surface area contributed by atoms with Gasteiger partial charge in [0.25, 0.3) is 11.8 Å². The largest absolute Gasteiger partial charge is 0.456 e. The van der Waals surface area contributed by atoms with Crippen LogP contribution in [0.5, 0.6) is 11.5 Å². The van der Waals surface area contributed by atoms with Gasteiger partial charge in [0.2, 0.25) is 0 Å². The van der Waals surface area contributed by atoms with Gasteiger partial charge in [0.05, 0.1) is 10.9 Å². The molecule has 3 rings (SSSR count). The van der Waals surface area contributed by atoms with E-state index >= 15 is 0 Å². The summed E-state index contributed by atoms with van der Waals surface area (Å²) in [6.45, 7) is 0.805. The molecule has 1 fully saturated rings. The highest BCUT2D eigenvalue weighted by atomic mass is 32.2. The molecule has 2 unspecified atom stereocenters. The molecule has 2 N–H and O–H groups in total. The van der Waals surface area contributed by atoms with E-state index in [1.54, 1.807) is 35.9 Å². The molecular weight excluding hydrogens is 402 g/mol. The summed E-state index contributed by atoms with van der Waals surface area (Å²) in [5, 5.41) is 4.68. The average Bonchev–Trinajstić information content (AvgIpc) is 3.38. The first kappa shape index (κ1) is 20.7. The number of alkyl halides is 2. The van der Waals surface area contributed by atoms with Crippen LogP contribution in [0.1, 0.15) is 34.3 Å². The number of para-hydroxylation sites is 1. The molecule has 1 saturated carbocycles. The second-order valence-corrected chi connectivity index (χ2v) is 9.27. The smallest absolute Gasteiger partial charge is 0.279 e. The number of nitrogens with one attached hydrogen (secondary N) is 2. The van der Waals surface area contributed by atoms with Crippen molar-refractivity contribution < 1.29 is 18.3 Å². The third kappa shape index (κ3) is 5.48. The van der Waals surface area contributed by atoms with Crippen LogP contribution in [0.25, 0.3) is 0 Å². The van der Waals surface area contributed by atoms with Crippen LogP contribution in [0.4, 0.5) is 8.78 Å². The lowest BCUT2D eigenvalue weighted by Crippen LogP contribution is -2.34. The Labute approximate surface area is 169 Å². The van der Waals surface area contributed by atoms with Crippen molar-refractivity contribution in [3.63, 3.8) is 0 Å². The molecule has 0 aliphatic heterocycles. The summed E-state index contributed by atoms with van der Waals surface area (Å²) in [7, 11) is -0.626. The Hall–Kier alpha value is -2.06. The molecule has 8 heteroatoms. The topological polar surface area (TPSA) is 62.2 Å². The van der Waals surface area contributed by atoms with Gasteiger partial charge in [-0.3, -0.25) is 9.57 Å². The molecule has 2 aromatic rings. The van der Waals surface area contributed by atoms with Gasteiger partial charge >= 0.3 is 0 Å². The SMILES string of the molecule is CS(=N)/C=C/C(NC(=O)c1sc(C(C)(F)F)cc1Oc1ccccc1)C1CC1. The lowest BCUT2D eigenvalue weighted by Gasteiger charge is -2.14. The number of carbonyl (C=O) groups excluding carboxylic acids is 1. The second-order valence-electron chi connectivity index (χ2n) is 6.83. The molecule has 1 aromatic heterocycles. The molecule has 0 radical (unpaired) electrons. The van der Waals surface area contributed by atoms with E-state index in [0.717, 1.165) is 31.1 Å². The minimum atomic E-state index is -3.06. The van der Waals surface area contributed by atoms with Crippen LogP contribution in [0, 0.1) is 10.7 Å². The van der Waals surface area contributed by atoms with Gasteiger partial charge in [0, 0.05) is 13.0 Å². The fourth-order valence-electron chi connectivity index (χ4n) is 2.64. The number of amides is 1. The number of carbonyl (C=O) groups is 1. The minimum absolute atomic E-state index is 0.125. The van der Waals surface area contributed by atoms with Crippen molar-refractivity contribution >= 4 is 27.9 Å². The fourth-order valence-corrected chi connectivity index (χ4v) is 3.96. The van der Waals surface area contributed by atoms with Crippen LogP contribution in [-0.4, -0.2) is 18.2 Å². The summed E-state index contributed by atoms with van der Waals surface area (Å²) >= 11 is 0.746. The van der Waals surface area contributed by atoms with Gasteiger partial charge in [-0.05, 0) is 42.6 Å². The van der Waals surface area contributed by atoms with Crippen molar-refractivity contribution in [1.82, 2.24) is 5.32 Å². The Morgan fingerprint density at radius 2 is 2.07 bits per heavy atom. The molecule has 1 aromatic carbocycles. The quantitative estimate of drug-likeness (QED) is 0.572. The number of ether oxygens (including phenoxy) is 1. The van der Waals surface area contributed by atoms with Crippen LogP contribution in [-0.2, 0) is 16.6 Å². The van der Waals surface area contributed by atoms with Gasteiger partial charge in [0.1, 0.15) is 10.6 Å². The summed E-state index contributed by atoms with van der Waals surface area (Å²) < 4.78 is 41.1. The predicted molar refractivity (Wildman–Crippen MR) is 110 cm³/mol. The van der Waals surface area contributed by atoms with Gasteiger partial charge in [-0.1, -0.05) is 35.0 Å². The van der Waals surface area contributed by atoms with Crippen molar-refractivity contribution in [3.8, 4) is 11.5 Å². The van der Waals surface area contributed by atoms with Crippen LogP contribution in [0.3, 0.4) is 0 Å². The van der Waals surface area contributed by atoms with Crippen LogP contribution >= 0.6 is 11.3 Å². The first-order valence-corrected chi connectivity index (χ1v) is 11.4. The molecule has 4 nitrogen and oxygen atoms in total. The number of thiophene rings is 1. The molecular formula is C20H22F2N2O2S2. The zero-order chi connectivity index (χ0) is 20.3. The van der Waals surface area contributed by atoms with E-state index < -0.39 is 22.5 Å². The molecule has 0 bridgehead atoms. The molecule has 1 heterocycles.